The smallest absolute Gasteiger partial charge is 0.191 e. The average Bonchev–Trinajstić information content (AvgIpc) is 3.53. The number of pyridine rings is 1. The molecule has 8 heteroatoms. The Morgan fingerprint density at radius 1 is 1.09 bits per heavy atom. The molecule has 1 aliphatic heterocycles. The van der Waals surface area contributed by atoms with Crippen LogP contribution in [0.25, 0.3) is 5.82 Å². The van der Waals surface area contributed by atoms with Crippen molar-refractivity contribution >= 4 is 29.9 Å². The quantitative estimate of drug-likeness (QED) is 0.256. The van der Waals surface area contributed by atoms with Crippen molar-refractivity contribution in [3.63, 3.8) is 0 Å². The van der Waals surface area contributed by atoms with Gasteiger partial charge in [0.25, 0.3) is 0 Å². The summed E-state index contributed by atoms with van der Waals surface area (Å²) in [7, 11) is 0. The van der Waals surface area contributed by atoms with Crippen molar-refractivity contribution in [1.29, 1.82) is 0 Å². The number of aromatic nitrogens is 3. The van der Waals surface area contributed by atoms with Gasteiger partial charge in [-0.15, -0.1) is 24.0 Å². The predicted molar refractivity (Wildman–Crippen MR) is 140 cm³/mol. The number of likely N-dealkylation sites (tertiary alicyclic amines) is 1. The monoisotopic (exact) mass is 545 g/mol. The van der Waals surface area contributed by atoms with Crippen molar-refractivity contribution in [3.8, 4) is 5.82 Å². The number of nitrogens with one attached hydrogen (secondary N) is 2. The van der Waals surface area contributed by atoms with Crippen molar-refractivity contribution in [1.82, 2.24) is 30.1 Å². The number of benzene rings is 1. The second kappa shape index (κ2) is 12.5. The molecule has 2 N–H and O–H groups in total. The van der Waals surface area contributed by atoms with E-state index in [0.717, 1.165) is 43.5 Å². The van der Waals surface area contributed by atoms with Gasteiger partial charge in [0, 0.05) is 31.7 Å². The number of guanidine groups is 1. The van der Waals surface area contributed by atoms with E-state index < -0.39 is 0 Å². The Morgan fingerprint density at radius 3 is 2.56 bits per heavy atom. The van der Waals surface area contributed by atoms with E-state index in [2.05, 4.69) is 68.8 Å². The van der Waals surface area contributed by atoms with E-state index in [1.165, 1.54) is 18.4 Å². The molecular weight excluding hydrogens is 513 g/mol. The van der Waals surface area contributed by atoms with Crippen molar-refractivity contribution in [2.75, 3.05) is 26.2 Å². The SMILES string of the molecule is CCNC(=NCc1ccc(-n2ccnc2)nc1)NCC(c1ccccc1)N1CCCC1.I. The first kappa shape index (κ1) is 24.2. The third-order valence-electron chi connectivity index (χ3n) is 5.57. The molecule has 0 radical (unpaired) electrons. The summed E-state index contributed by atoms with van der Waals surface area (Å²) >= 11 is 0. The molecule has 0 amide bonds. The zero-order valence-electron chi connectivity index (χ0n) is 18.5. The van der Waals surface area contributed by atoms with E-state index in [1.807, 2.05) is 23.0 Å². The highest BCUT2D eigenvalue weighted by molar-refractivity contribution is 14.0. The topological polar surface area (TPSA) is 70.4 Å². The Morgan fingerprint density at radius 2 is 1.91 bits per heavy atom. The number of nitrogens with zero attached hydrogens (tertiary/aromatic N) is 5. The molecule has 3 heterocycles. The van der Waals surface area contributed by atoms with E-state index >= 15 is 0 Å². The second-order valence-electron chi connectivity index (χ2n) is 7.74. The van der Waals surface area contributed by atoms with Gasteiger partial charge in [-0.3, -0.25) is 9.47 Å². The first-order valence-corrected chi connectivity index (χ1v) is 11.1. The van der Waals surface area contributed by atoms with Crippen LogP contribution in [0.15, 0.2) is 72.4 Å². The van der Waals surface area contributed by atoms with Crippen LogP contribution >= 0.6 is 24.0 Å². The summed E-state index contributed by atoms with van der Waals surface area (Å²) in [4.78, 5) is 15.9. The van der Waals surface area contributed by atoms with Gasteiger partial charge < -0.3 is 10.6 Å². The Bertz CT molecular complexity index is 936. The van der Waals surface area contributed by atoms with Crippen LogP contribution in [0.3, 0.4) is 0 Å². The van der Waals surface area contributed by atoms with Gasteiger partial charge >= 0.3 is 0 Å². The molecule has 170 valence electrons. The third kappa shape index (κ3) is 6.52. The molecular formula is C24H32IN7. The molecule has 0 saturated carbocycles. The van der Waals surface area contributed by atoms with Gasteiger partial charge in [0.05, 0.1) is 12.6 Å². The third-order valence-corrected chi connectivity index (χ3v) is 5.57. The number of aliphatic imine (C=N–C) groups is 1. The lowest BCUT2D eigenvalue weighted by molar-refractivity contribution is 0.245. The highest BCUT2D eigenvalue weighted by Gasteiger charge is 2.23. The number of imidazole rings is 1. The van der Waals surface area contributed by atoms with Gasteiger partial charge in [-0.2, -0.15) is 0 Å². The Kier molecular flexibility index (Phi) is 9.48. The van der Waals surface area contributed by atoms with E-state index in [4.69, 9.17) is 4.99 Å². The fourth-order valence-electron chi connectivity index (χ4n) is 3.95. The van der Waals surface area contributed by atoms with Crippen LogP contribution in [0.1, 0.15) is 36.9 Å². The Labute approximate surface area is 207 Å². The maximum Gasteiger partial charge on any atom is 0.191 e. The lowest BCUT2D eigenvalue weighted by Gasteiger charge is -2.29. The zero-order chi connectivity index (χ0) is 21.3. The van der Waals surface area contributed by atoms with Gasteiger partial charge in [0.1, 0.15) is 12.1 Å². The maximum atomic E-state index is 4.79. The lowest BCUT2D eigenvalue weighted by atomic mass is 10.1. The second-order valence-corrected chi connectivity index (χ2v) is 7.74. The van der Waals surface area contributed by atoms with Crippen LogP contribution in [0.4, 0.5) is 0 Å². The Hall–Kier alpha value is -2.46. The number of halogens is 1. The Balaban J connectivity index is 0.00000289. The summed E-state index contributed by atoms with van der Waals surface area (Å²) in [5.41, 5.74) is 2.42. The minimum absolute atomic E-state index is 0. The van der Waals surface area contributed by atoms with Crippen molar-refractivity contribution < 1.29 is 0 Å². The summed E-state index contributed by atoms with van der Waals surface area (Å²) in [5.74, 6) is 1.69. The normalized spacial score (nSPS) is 15.2. The van der Waals surface area contributed by atoms with E-state index in [9.17, 15) is 0 Å². The van der Waals surface area contributed by atoms with Gasteiger partial charge in [-0.25, -0.2) is 15.0 Å². The summed E-state index contributed by atoms with van der Waals surface area (Å²) < 4.78 is 1.89. The minimum Gasteiger partial charge on any atom is -0.357 e. The van der Waals surface area contributed by atoms with Gasteiger partial charge in [0.15, 0.2) is 5.96 Å². The van der Waals surface area contributed by atoms with Gasteiger partial charge in [-0.05, 0) is 50.0 Å². The van der Waals surface area contributed by atoms with E-state index in [0.29, 0.717) is 12.6 Å². The van der Waals surface area contributed by atoms with Crippen molar-refractivity contribution in [2.45, 2.75) is 32.4 Å². The fraction of sp³-hybridized carbons (Fsp3) is 0.375. The lowest BCUT2D eigenvalue weighted by Crippen LogP contribution is -2.42. The van der Waals surface area contributed by atoms with Gasteiger partial charge in [0.2, 0.25) is 0 Å². The molecule has 1 atom stereocenters. The first-order chi connectivity index (χ1) is 15.3. The molecule has 1 aromatic carbocycles. The number of rotatable bonds is 8. The average molecular weight is 545 g/mol. The molecule has 3 aromatic rings. The van der Waals surface area contributed by atoms with Crippen LogP contribution in [0.2, 0.25) is 0 Å². The van der Waals surface area contributed by atoms with Crippen LogP contribution in [-0.2, 0) is 6.54 Å². The standard InChI is InChI=1S/C24H31N7.HI/c1-2-26-24(28-17-20-10-11-23(27-16-20)31-15-12-25-19-31)29-18-22(30-13-6-7-14-30)21-8-4-3-5-9-21;/h3-5,8-12,15-16,19,22H,2,6-7,13-14,17-18H2,1H3,(H2,26,28,29);1H. The molecule has 1 saturated heterocycles. The highest BCUT2D eigenvalue weighted by Crippen LogP contribution is 2.24. The van der Waals surface area contributed by atoms with Crippen LogP contribution in [0.5, 0.6) is 0 Å². The van der Waals surface area contributed by atoms with Crippen LogP contribution in [-0.4, -0.2) is 51.6 Å². The van der Waals surface area contributed by atoms with Crippen LogP contribution < -0.4 is 10.6 Å². The molecule has 4 rings (SSSR count). The summed E-state index contributed by atoms with van der Waals surface area (Å²) in [6.07, 6.45) is 9.81. The molecule has 0 aliphatic carbocycles. The molecule has 7 nitrogen and oxygen atoms in total. The summed E-state index contributed by atoms with van der Waals surface area (Å²) in [5, 5.41) is 6.94. The van der Waals surface area contributed by atoms with Gasteiger partial charge in [-0.1, -0.05) is 36.4 Å². The van der Waals surface area contributed by atoms with E-state index in [1.54, 1.807) is 12.5 Å². The molecule has 1 unspecified atom stereocenters. The van der Waals surface area contributed by atoms with Crippen molar-refractivity contribution in [3.05, 3.63) is 78.5 Å². The first-order valence-electron chi connectivity index (χ1n) is 11.1. The number of hydrogen-bond acceptors (Lipinski definition) is 4. The molecule has 1 aliphatic rings. The molecule has 0 spiro atoms. The largest absolute Gasteiger partial charge is 0.357 e. The van der Waals surface area contributed by atoms with Crippen molar-refractivity contribution in [2.24, 2.45) is 4.99 Å². The summed E-state index contributed by atoms with van der Waals surface area (Å²) in [6, 6.07) is 15.2. The molecule has 0 bridgehead atoms. The van der Waals surface area contributed by atoms with E-state index in [-0.39, 0.29) is 24.0 Å². The zero-order valence-corrected chi connectivity index (χ0v) is 20.9. The molecule has 2 aromatic heterocycles. The fourth-order valence-corrected chi connectivity index (χ4v) is 3.95. The molecule has 32 heavy (non-hydrogen) atoms. The predicted octanol–water partition coefficient (Wildman–Crippen LogP) is 3.78. The molecule has 1 fully saturated rings. The minimum atomic E-state index is 0. The number of hydrogen-bond donors (Lipinski definition) is 2. The highest BCUT2D eigenvalue weighted by atomic mass is 127. The van der Waals surface area contributed by atoms with Crippen LogP contribution in [0, 0.1) is 0 Å². The maximum absolute atomic E-state index is 4.79. The summed E-state index contributed by atoms with van der Waals surface area (Å²) in [6.45, 7) is 6.63.